The van der Waals surface area contributed by atoms with E-state index >= 15 is 0 Å². The first kappa shape index (κ1) is 14.2. The Morgan fingerprint density at radius 3 is 2.74 bits per heavy atom. The molecule has 0 bridgehead atoms. The average molecular weight is 264 g/mol. The summed E-state index contributed by atoms with van der Waals surface area (Å²) in [6.45, 7) is 7.46. The summed E-state index contributed by atoms with van der Waals surface area (Å²) < 4.78 is 5.99. The third-order valence-corrected chi connectivity index (χ3v) is 3.67. The minimum Gasteiger partial charge on any atom is -0.372 e. The number of ether oxygens (including phenoxy) is 1. The number of nitrogens with one attached hydrogen (secondary N) is 1. The monoisotopic (exact) mass is 264 g/mol. The van der Waals surface area contributed by atoms with Crippen LogP contribution in [-0.2, 0) is 11.3 Å². The quantitative estimate of drug-likeness (QED) is 0.645. The highest BCUT2D eigenvalue weighted by Gasteiger charge is 2.32. The molecule has 2 atom stereocenters. The zero-order valence-electron chi connectivity index (χ0n) is 12.0. The Balaban J connectivity index is 1.87. The van der Waals surface area contributed by atoms with E-state index in [0.717, 1.165) is 24.5 Å². The molecule has 5 heteroatoms. The third kappa shape index (κ3) is 4.14. The minimum absolute atomic E-state index is 0.327. The van der Waals surface area contributed by atoms with Gasteiger partial charge >= 0.3 is 0 Å². The number of aromatic nitrogens is 2. The second-order valence-electron chi connectivity index (χ2n) is 6.38. The summed E-state index contributed by atoms with van der Waals surface area (Å²) in [4.78, 5) is 8.39. The molecular formula is C14H24N4O. The molecule has 106 valence electrons. The van der Waals surface area contributed by atoms with Gasteiger partial charge in [-0.15, -0.1) is 0 Å². The fraction of sp³-hybridized carbons (Fsp3) is 0.714. The van der Waals surface area contributed by atoms with Crippen molar-refractivity contribution < 1.29 is 4.74 Å². The van der Waals surface area contributed by atoms with Crippen LogP contribution < -0.4 is 11.3 Å². The average Bonchev–Trinajstić information content (AvgIpc) is 2.34. The van der Waals surface area contributed by atoms with Gasteiger partial charge in [-0.1, -0.05) is 20.8 Å². The fourth-order valence-electron chi connectivity index (χ4n) is 3.09. The van der Waals surface area contributed by atoms with Crippen molar-refractivity contribution in [2.75, 3.05) is 5.43 Å². The molecule has 0 spiro atoms. The van der Waals surface area contributed by atoms with E-state index in [1.807, 2.05) is 0 Å². The molecule has 1 aromatic heterocycles. The fourth-order valence-corrected chi connectivity index (χ4v) is 3.09. The third-order valence-electron chi connectivity index (χ3n) is 3.67. The lowest BCUT2D eigenvalue weighted by atomic mass is 9.71. The number of nitrogens with zero attached hydrogens (tertiary/aromatic N) is 2. The van der Waals surface area contributed by atoms with E-state index in [4.69, 9.17) is 10.6 Å². The van der Waals surface area contributed by atoms with Crippen molar-refractivity contribution in [2.45, 2.75) is 52.7 Å². The molecule has 2 unspecified atom stereocenters. The number of hydrogen-bond donors (Lipinski definition) is 2. The molecule has 3 N–H and O–H groups in total. The zero-order chi connectivity index (χ0) is 13.9. The lowest BCUT2D eigenvalue weighted by Crippen LogP contribution is -2.32. The smallest absolute Gasteiger partial charge is 0.158 e. The van der Waals surface area contributed by atoms with E-state index in [1.165, 1.54) is 6.42 Å². The highest BCUT2D eigenvalue weighted by atomic mass is 16.5. The molecule has 1 aliphatic rings. The van der Waals surface area contributed by atoms with Crippen molar-refractivity contribution in [3.8, 4) is 0 Å². The number of anilines is 1. The second kappa shape index (κ2) is 5.84. The van der Waals surface area contributed by atoms with Crippen molar-refractivity contribution in [1.29, 1.82) is 0 Å². The number of hydrogen-bond acceptors (Lipinski definition) is 5. The molecule has 1 heterocycles. The Bertz CT molecular complexity index is 404. The van der Waals surface area contributed by atoms with Gasteiger partial charge in [-0.05, 0) is 30.6 Å². The second-order valence-corrected chi connectivity index (χ2v) is 6.38. The maximum atomic E-state index is 5.99. The van der Waals surface area contributed by atoms with Gasteiger partial charge in [-0.2, -0.15) is 0 Å². The molecule has 2 rings (SSSR count). The van der Waals surface area contributed by atoms with Gasteiger partial charge < -0.3 is 10.2 Å². The lowest BCUT2D eigenvalue weighted by molar-refractivity contribution is -0.0327. The lowest BCUT2D eigenvalue weighted by Gasteiger charge is -2.38. The summed E-state index contributed by atoms with van der Waals surface area (Å²) in [6, 6.07) is 0. The van der Waals surface area contributed by atoms with Crippen LogP contribution in [0.15, 0.2) is 12.4 Å². The van der Waals surface area contributed by atoms with E-state index in [1.54, 1.807) is 12.4 Å². The van der Waals surface area contributed by atoms with Crippen LogP contribution in [0.5, 0.6) is 0 Å². The van der Waals surface area contributed by atoms with E-state index < -0.39 is 0 Å². The maximum Gasteiger partial charge on any atom is 0.158 e. The SMILES string of the molecule is CC1CC(OCc2cnc(NN)cn2)CC(C)(C)C1. The highest BCUT2D eigenvalue weighted by molar-refractivity contribution is 5.28. The molecule has 0 aromatic carbocycles. The molecule has 1 fully saturated rings. The first-order valence-electron chi connectivity index (χ1n) is 6.88. The Morgan fingerprint density at radius 2 is 2.16 bits per heavy atom. The van der Waals surface area contributed by atoms with Crippen LogP contribution in [0.25, 0.3) is 0 Å². The largest absolute Gasteiger partial charge is 0.372 e. The van der Waals surface area contributed by atoms with Gasteiger partial charge in [0, 0.05) is 0 Å². The maximum absolute atomic E-state index is 5.99. The molecular weight excluding hydrogens is 240 g/mol. The number of rotatable bonds is 4. The molecule has 1 aliphatic carbocycles. The van der Waals surface area contributed by atoms with Crippen LogP contribution in [-0.4, -0.2) is 16.1 Å². The van der Waals surface area contributed by atoms with Gasteiger partial charge in [0.1, 0.15) is 0 Å². The van der Waals surface area contributed by atoms with Gasteiger partial charge in [0.2, 0.25) is 0 Å². The standard InChI is InChI=1S/C14H24N4O/c1-10-4-12(6-14(2,3)5-10)19-9-11-7-17-13(18-15)8-16-11/h7-8,10,12H,4-6,9,15H2,1-3H3,(H,17,18). The predicted molar refractivity (Wildman–Crippen MR) is 75.2 cm³/mol. The van der Waals surface area contributed by atoms with Crippen LogP contribution >= 0.6 is 0 Å². The van der Waals surface area contributed by atoms with Crippen LogP contribution in [0, 0.1) is 11.3 Å². The normalized spacial score (nSPS) is 26.1. The Kier molecular flexibility index (Phi) is 4.37. The predicted octanol–water partition coefficient (Wildman–Crippen LogP) is 2.49. The molecule has 0 amide bonds. The van der Waals surface area contributed by atoms with Crippen molar-refractivity contribution >= 4 is 5.82 Å². The van der Waals surface area contributed by atoms with Gasteiger partial charge in [0.15, 0.2) is 5.82 Å². The summed E-state index contributed by atoms with van der Waals surface area (Å²) >= 11 is 0. The highest BCUT2D eigenvalue weighted by Crippen LogP contribution is 2.39. The zero-order valence-corrected chi connectivity index (χ0v) is 12.0. The molecule has 19 heavy (non-hydrogen) atoms. The summed E-state index contributed by atoms with van der Waals surface area (Å²) in [5, 5.41) is 0. The Hall–Kier alpha value is -1.20. The first-order valence-corrected chi connectivity index (χ1v) is 6.88. The molecule has 1 aromatic rings. The van der Waals surface area contributed by atoms with Gasteiger partial charge in [0.25, 0.3) is 0 Å². The van der Waals surface area contributed by atoms with Crippen LogP contribution in [0.2, 0.25) is 0 Å². The van der Waals surface area contributed by atoms with E-state index in [2.05, 4.69) is 36.2 Å². The summed E-state index contributed by atoms with van der Waals surface area (Å²) in [7, 11) is 0. The summed E-state index contributed by atoms with van der Waals surface area (Å²) in [5.41, 5.74) is 3.68. The molecule has 5 nitrogen and oxygen atoms in total. The van der Waals surface area contributed by atoms with E-state index in [0.29, 0.717) is 23.9 Å². The van der Waals surface area contributed by atoms with Crippen LogP contribution in [0.1, 0.15) is 45.7 Å². The van der Waals surface area contributed by atoms with E-state index in [9.17, 15) is 0 Å². The topological polar surface area (TPSA) is 73.1 Å². The Morgan fingerprint density at radius 1 is 1.37 bits per heavy atom. The van der Waals surface area contributed by atoms with Gasteiger partial charge in [-0.25, -0.2) is 10.8 Å². The van der Waals surface area contributed by atoms with Crippen molar-refractivity contribution in [1.82, 2.24) is 9.97 Å². The van der Waals surface area contributed by atoms with Crippen LogP contribution in [0.4, 0.5) is 5.82 Å². The summed E-state index contributed by atoms with van der Waals surface area (Å²) in [5.74, 6) is 6.54. The molecule has 0 saturated heterocycles. The van der Waals surface area contributed by atoms with Gasteiger partial charge in [0.05, 0.1) is 30.8 Å². The number of nitrogens with two attached hydrogens (primary N) is 1. The van der Waals surface area contributed by atoms with Crippen LogP contribution in [0.3, 0.4) is 0 Å². The Labute approximate surface area is 114 Å². The molecule has 0 radical (unpaired) electrons. The summed E-state index contributed by atoms with van der Waals surface area (Å²) in [6.07, 6.45) is 7.18. The van der Waals surface area contributed by atoms with Crippen molar-refractivity contribution in [3.05, 3.63) is 18.1 Å². The van der Waals surface area contributed by atoms with Gasteiger partial charge in [-0.3, -0.25) is 4.98 Å². The minimum atomic E-state index is 0.327. The van der Waals surface area contributed by atoms with E-state index in [-0.39, 0.29) is 0 Å². The van der Waals surface area contributed by atoms with Crippen molar-refractivity contribution in [3.63, 3.8) is 0 Å². The first-order chi connectivity index (χ1) is 8.98. The molecule has 1 saturated carbocycles. The van der Waals surface area contributed by atoms with Crippen molar-refractivity contribution in [2.24, 2.45) is 17.2 Å². The number of hydrazine groups is 1. The molecule has 0 aliphatic heterocycles. The number of nitrogen functional groups attached to an aromatic ring is 1.